The van der Waals surface area contributed by atoms with E-state index in [2.05, 4.69) is 5.10 Å². The van der Waals surface area contributed by atoms with Crippen molar-refractivity contribution in [1.82, 2.24) is 9.78 Å². The molecule has 0 saturated carbocycles. The maximum Gasteiger partial charge on any atom is 0.358 e. The Morgan fingerprint density at radius 2 is 2.19 bits per heavy atom. The van der Waals surface area contributed by atoms with Gasteiger partial charge in [0, 0.05) is 13.7 Å². The van der Waals surface area contributed by atoms with Gasteiger partial charge in [-0.15, -0.1) is 0 Å². The van der Waals surface area contributed by atoms with E-state index in [-0.39, 0.29) is 12.3 Å². The lowest BCUT2D eigenvalue weighted by atomic mass is 10.3. The van der Waals surface area contributed by atoms with Crippen LogP contribution in [0.2, 0.25) is 0 Å². The zero-order valence-corrected chi connectivity index (χ0v) is 9.82. The van der Waals surface area contributed by atoms with E-state index >= 15 is 0 Å². The molecule has 2 N–H and O–H groups in total. The van der Waals surface area contributed by atoms with E-state index in [1.807, 2.05) is 6.92 Å². The molecule has 0 bridgehead atoms. The van der Waals surface area contributed by atoms with Gasteiger partial charge in [0.05, 0.1) is 18.0 Å². The van der Waals surface area contributed by atoms with Crippen molar-refractivity contribution in [2.24, 2.45) is 7.05 Å². The number of aromatic nitrogens is 2. The minimum atomic E-state index is -0.472. The molecule has 90 valence electrons. The summed E-state index contributed by atoms with van der Waals surface area (Å²) < 4.78 is 11.5. The van der Waals surface area contributed by atoms with Crippen LogP contribution >= 0.6 is 0 Å². The zero-order chi connectivity index (χ0) is 12.1. The topological polar surface area (TPSA) is 79.4 Å². The Balaban J connectivity index is 2.59. The average molecular weight is 227 g/mol. The van der Waals surface area contributed by atoms with Crippen LogP contribution < -0.4 is 5.73 Å². The zero-order valence-electron chi connectivity index (χ0n) is 9.82. The first-order valence-corrected chi connectivity index (χ1v) is 5.11. The summed E-state index contributed by atoms with van der Waals surface area (Å²) in [6.07, 6.45) is 0. The molecular weight excluding hydrogens is 210 g/mol. The molecular formula is C10H17N3O3. The third-order valence-corrected chi connectivity index (χ3v) is 2.13. The van der Waals surface area contributed by atoms with Gasteiger partial charge < -0.3 is 15.2 Å². The Bertz CT molecular complexity index is 374. The Labute approximate surface area is 94.3 Å². The van der Waals surface area contributed by atoms with Gasteiger partial charge in [-0.3, -0.25) is 4.68 Å². The van der Waals surface area contributed by atoms with Gasteiger partial charge in [0.1, 0.15) is 6.61 Å². The van der Waals surface area contributed by atoms with Crippen molar-refractivity contribution in [1.29, 1.82) is 0 Å². The molecule has 0 aromatic carbocycles. The van der Waals surface area contributed by atoms with Crippen molar-refractivity contribution in [2.45, 2.75) is 13.8 Å². The second-order valence-electron chi connectivity index (χ2n) is 3.30. The summed E-state index contributed by atoms with van der Waals surface area (Å²) in [6, 6.07) is 0. The lowest BCUT2D eigenvalue weighted by Gasteiger charge is -2.05. The number of rotatable bonds is 5. The molecule has 0 fully saturated rings. The van der Waals surface area contributed by atoms with E-state index in [1.54, 1.807) is 14.0 Å². The predicted octanol–water partition coefficient (Wildman–Crippen LogP) is 0.504. The van der Waals surface area contributed by atoms with E-state index in [1.165, 1.54) is 4.68 Å². The highest BCUT2D eigenvalue weighted by molar-refractivity contribution is 5.93. The first-order chi connectivity index (χ1) is 7.57. The number of ether oxygens (including phenoxy) is 2. The number of anilines is 1. The molecule has 0 atom stereocenters. The number of nitrogens with zero attached hydrogens (tertiary/aromatic N) is 2. The van der Waals surface area contributed by atoms with Gasteiger partial charge >= 0.3 is 5.97 Å². The predicted molar refractivity (Wildman–Crippen MR) is 59.1 cm³/mol. The van der Waals surface area contributed by atoms with Crippen molar-refractivity contribution < 1.29 is 14.3 Å². The van der Waals surface area contributed by atoms with Gasteiger partial charge in [0.2, 0.25) is 0 Å². The number of nitrogens with two attached hydrogens (primary N) is 1. The first-order valence-electron chi connectivity index (χ1n) is 5.11. The van der Waals surface area contributed by atoms with Crippen LogP contribution in [0.5, 0.6) is 0 Å². The number of aryl methyl sites for hydroxylation is 2. The SMILES string of the molecule is CCOCCOC(=O)c1c(N)c(C)nn1C. The number of hydrogen-bond donors (Lipinski definition) is 1. The second kappa shape index (κ2) is 5.50. The largest absolute Gasteiger partial charge is 0.458 e. The lowest BCUT2D eigenvalue weighted by Crippen LogP contribution is -2.15. The molecule has 16 heavy (non-hydrogen) atoms. The molecule has 0 amide bonds. The van der Waals surface area contributed by atoms with Gasteiger partial charge in [-0.05, 0) is 13.8 Å². The van der Waals surface area contributed by atoms with Crippen molar-refractivity contribution in [3.8, 4) is 0 Å². The summed E-state index contributed by atoms with van der Waals surface area (Å²) in [5.74, 6) is -0.472. The Morgan fingerprint density at radius 1 is 1.50 bits per heavy atom. The number of carbonyl (C=O) groups excluding carboxylic acids is 1. The summed E-state index contributed by atoms with van der Waals surface area (Å²) in [6.45, 7) is 4.83. The molecule has 0 unspecified atom stereocenters. The fourth-order valence-corrected chi connectivity index (χ4v) is 1.32. The molecule has 6 nitrogen and oxygen atoms in total. The van der Waals surface area contributed by atoms with Crippen LogP contribution in [0, 0.1) is 6.92 Å². The number of carbonyl (C=O) groups is 1. The number of nitrogen functional groups attached to an aromatic ring is 1. The second-order valence-corrected chi connectivity index (χ2v) is 3.30. The third kappa shape index (κ3) is 2.73. The van der Waals surface area contributed by atoms with Gasteiger partial charge in [-0.25, -0.2) is 4.79 Å². The minimum absolute atomic E-state index is 0.219. The molecule has 0 spiro atoms. The Kier molecular flexibility index (Phi) is 4.30. The average Bonchev–Trinajstić information content (AvgIpc) is 2.48. The van der Waals surface area contributed by atoms with Crippen molar-refractivity contribution in [3.63, 3.8) is 0 Å². The van der Waals surface area contributed by atoms with Crippen LogP contribution in [-0.4, -0.2) is 35.6 Å². The smallest absolute Gasteiger partial charge is 0.358 e. The highest BCUT2D eigenvalue weighted by atomic mass is 16.6. The molecule has 1 rings (SSSR count). The number of esters is 1. The molecule has 6 heteroatoms. The standard InChI is InChI=1S/C10H17N3O3/c1-4-15-5-6-16-10(14)9-8(11)7(2)12-13(9)3/h4-6,11H2,1-3H3. The van der Waals surface area contributed by atoms with E-state index in [4.69, 9.17) is 15.2 Å². The first kappa shape index (κ1) is 12.5. The molecule has 1 aromatic rings. The molecule has 0 saturated heterocycles. The maximum atomic E-state index is 11.6. The molecule has 1 aromatic heterocycles. The maximum absolute atomic E-state index is 11.6. The molecule has 0 aliphatic heterocycles. The van der Waals surface area contributed by atoms with Gasteiger partial charge in [0.15, 0.2) is 5.69 Å². The van der Waals surface area contributed by atoms with Crippen LogP contribution in [0.3, 0.4) is 0 Å². The monoisotopic (exact) mass is 227 g/mol. The van der Waals surface area contributed by atoms with Crippen molar-refractivity contribution in [2.75, 3.05) is 25.6 Å². The molecule has 0 radical (unpaired) electrons. The van der Waals surface area contributed by atoms with Crippen LogP contribution in [0.1, 0.15) is 23.1 Å². The highest BCUT2D eigenvalue weighted by Gasteiger charge is 2.18. The fraction of sp³-hybridized carbons (Fsp3) is 0.600. The van der Waals surface area contributed by atoms with E-state index in [0.29, 0.717) is 24.6 Å². The third-order valence-electron chi connectivity index (χ3n) is 2.13. The van der Waals surface area contributed by atoms with Crippen LogP contribution in [-0.2, 0) is 16.5 Å². The molecule has 0 aliphatic rings. The van der Waals surface area contributed by atoms with E-state index in [0.717, 1.165) is 0 Å². The normalized spacial score (nSPS) is 10.4. The van der Waals surface area contributed by atoms with Crippen molar-refractivity contribution in [3.05, 3.63) is 11.4 Å². The summed E-state index contributed by atoms with van der Waals surface area (Å²) in [4.78, 5) is 11.6. The van der Waals surface area contributed by atoms with Crippen molar-refractivity contribution >= 4 is 11.7 Å². The Hall–Kier alpha value is -1.56. The Morgan fingerprint density at radius 3 is 2.69 bits per heavy atom. The van der Waals surface area contributed by atoms with Crippen LogP contribution in [0.25, 0.3) is 0 Å². The van der Waals surface area contributed by atoms with Gasteiger partial charge in [-0.1, -0.05) is 0 Å². The summed E-state index contributed by atoms with van der Waals surface area (Å²) in [5, 5.41) is 4.04. The minimum Gasteiger partial charge on any atom is -0.458 e. The quantitative estimate of drug-likeness (QED) is 0.585. The lowest BCUT2D eigenvalue weighted by molar-refractivity contribution is 0.0325. The van der Waals surface area contributed by atoms with Crippen LogP contribution in [0.4, 0.5) is 5.69 Å². The summed E-state index contributed by atoms with van der Waals surface area (Å²) >= 11 is 0. The fourth-order valence-electron chi connectivity index (χ4n) is 1.32. The van der Waals surface area contributed by atoms with E-state index in [9.17, 15) is 4.79 Å². The van der Waals surface area contributed by atoms with Crippen LogP contribution in [0.15, 0.2) is 0 Å². The van der Waals surface area contributed by atoms with Gasteiger partial charge in [-0.2, -0.15) is 5.10 Å². The molecule has 0 aliphatic carbocycles. The molecule has 1 heterocycles. The summed E-state index contributed by atoms with van der Waals surface area (Å²) in [5.41, 5.74) is 6.99. The summed E-state index contributed by atoms with van der Waals surface area (Å²) in [7, 11) is 1.66. The van der Waals surface area contributed by atoms with Gasteiger partial charge in [0.25, 0.3) is 0 Å². The van der Waals surface area contributed by atoms with E-state index < -0.39 is 5.97 Å². The number of hydrogen-bond acceptors (Lipinski definition) is 5. The highest BCUT2D eigenvalue weighted by Crippen LogP contribution is 2.15.